The number of methoxy groups -OCH3 is 1. The van der Waals surface area contributed by atoms with E-state index in [2.05, 4.69) is 10.1 Å². The van der Waals surface area contributed by atoms with Crippen LogP contribution in [0, 0.1) is 0 Å². The van der Waals surface area contributed by atoms with Gasteiger partial charge in [-0.2, -0.15) is 0 Å². The molecule has 0 unspecified atom stereocenters. The molecule has 0 aliphatic carbocycles. The van der Waals surface area contributed by atoms with Gasteiger partial charge in [-0.1, -0.05) is 30.3 Å². The zero-order valence-corrected chi connectivity index (χ0v) is 15.6. The summed E-state index contributed by atoms with van der Waals surface area (Å²) in [6.45, 7) is 1.57. The summed E-state index contributed by atoms with van der Waals surface area (Å²) in [5.41, 5.74) is 3.71. The highest BCUT2D eigenvalue weighted by molar-refractivity contribution is 5.63. The van der Waals surface area contributed by atoms with E-state index in [1.807, 2.05) is 72.9 Å². The fourth-order valence-electron chi connectivity index (χ4n) is 2.78. The Balaban J connectivity index is 1.47. The van der Waals surface area contributed by atoms with Crippen LogP contribution in [-0.2, 0) is 11.3 Å². The molecule has 4 aromatic rings. The lowest BCUT2D eigenvalue weighted by molar-refractivity contribution is 0.146. The van der Waals surface area contributed by atoms with Crippen molar-refractivity contribution < 1.29 is 14.2 Å². The topological polar surface area (TPSA) is 57.9 Å². The van der Waals surface area contributed by atoms with E-state index in [0.717, 1.165) is 28.2 Å². The quantitative estimate of drug-likeness (QED) is 0.436. The molecule has 0 aliphatic heterocycles. The largest absolute Gasteiger partial charge is 0.491 e. The van der Waals surface area contributed by atoms with Gasteiger partial charge in [-0.3, -0.25) is 0 Å². The van der Waals surface area contributed by atoms with Gasteiger partial charge in [0.2, 0.25) is 5.88 Å². The van der Waals surface area contributed by atoms with Gasteiger partial charge in [-0.25, -0.2) is 9.50 Å². The monoisotopic (exact) mass is 375 g/mol. The van der Waals surface area contributed by atoms with Gasteiger partial charge in [0, 0.05) is 18.7 Å². The lowest BCUT2D eigenvalue weighted by Crippen LogP contribution is -2.03. The summed E-state index contributed by atoms with van der Waals surface area (Å²) in [6, 6.07) is 21.6. The number of benzene rings is 2. The van der Waals surface area contributed by atoms with E-state index in [4.69, 9.17) is 14.2 Å². The maximum atomic E-state index is 5.79. The lowest BCUT2D eigenvalue weighted by Gasteiger charge is -2.05. The van der Waals surface area contributed by atoms with Crippen LogP contribution in [0.15, 0.2) is 72.9 Å². The minimum Gasteiger partial charge on any atom is -0.491 e. The molecule has 0 bridgehead atoms. The number of fused-ring (bicyclic) bond motifs is 1. The lowest BCUT2D eigenvalue weighted by atomic mass is 10.2. The predicted molar refractivity (Wildman–Crippen MR) is 107 cm³/mol. The zero-order valence-electron chi connectivity index (χ0n) is 15.6. The van der Waals surface area contributed by atoms with E-state index in [-0.39, 0.29) is 0 Å². The van der Waals surface area contributed by atoms with Gasteiger partial charge in [-0.15, -0.1) is 5.10 Å². The molecule has 2 aromatic heterocycles. The van der Waals surface area contributed by atoms with E-state index in [1.165, 1.54) is 0 Å². The van der Waals surface area contributed by atoms with Crippen LogP contribution >= 0.6 is 0 Å². The molecule has 2 heterocycles. The smallest absolute Gasteiger partial charge is 0.232 e. The molecule has 0 radical (unpaired) electrons. The minimum absolute atomic E-state index is 0.478. The van der Waals surface area contributed by atoms with E-state index < -0.39 is 0 Å². The van der Waals surface area contributed by atoms with Crippen molar-refractivity contribution in [1.82, 2.24) is 14.6 Å². The second kappa shape index (κ2) is 8.54. The van der Waals surface area contributed by atoms with Crippen molar-refractivity contribution in [1.29, 1.82) is 0 Å². The average Bonchev–Trinajstić information content (AvgIpc) is 3.17. The predicted octanol–water partition coefficient (Wildman–Crippen LogP) is 4.00. The van der Waals surface area contributed by atoms with Crippen LogP contribution in [0.25, 0.3) is 16.9 Å². The fourth-order valence-corrected chi connectivity index (χ4v) is 2.78. The molecular formula is C22H21N3O3. The zero-order chi connectivity index (χ0) is 19.2. The molecule has 0 aliphatic rings. The van der Waals surface area contributed by atoms with Gasteiger partial charge in [0.25, 0.3) is 0 Å². The molecule has 6 nitrogen and oxygen atoms in total. The van der Waals surface area contributed by atoms with Crippen LogP contribution < -0.4 is 9.47 Å². The summed E-state index contributed by atoms with van der Waals surface area (Å²) in [4.78, 5) is 4.63. The highest BCUT2D eigenvalue weighted by Gasteiger charge is 2.07. The Morgan fingerprint density at radius 1 is 0.857 bits per heavy atom. The van der Waals surface area contributed by atoms with Crippen LogP contribution in [0.2, 0.25) is 0 Å². The summed E-state index contributed by atoms with van der Waals surface area (Å²) in [5.74, 6) is 1.36. The van der Waals surface area contributed by atoms with E-state index in [0.29, 0.717) is 25.7 Å². The second-order valence-electron chi connectivity index (χ2n) is 6.24. The van der Waals surface area contributed by atoms with Crippen molar-refractivity contribution in [2.75, 3.05) is 20.3 Å². The molecular weight excluding hydrogens is 354 g/mol. The molecule has 0 saturated carbocycles. The van der Waals surface area contributed by atoms with E-state index in [1.54, 1.807) is 11.6 Å². The van der Waals surface area contributed by atoms with Gasteiger partial charge in [0.1, 0.15) is 19.0 Å². The maximum Gasteiger partial charge on any atom is 0.232 e. The summed E-state index contributed by atoms with van der Waals surface area (Å²) < 4.78 is 18.1. The van der Waals surface area contributed by atoms with Gasteiger partial charge < -0.3 is 14.2 Å². The molecule has 142 valence electrons. The van der Waals surface area contributed by atoms with Crippen molar-refractivity contribution in [3.8, 4) is 22.9 Å². The molecule has 0 fully saturated rings. The fraction of sp³-hybridized carbons (Fsp3) is 0.182. The Kier molecular flexibility index (Phi) is 5.49. The van der Waals surface area contributed by atoms with Crippen molar-refractivity contribution in [2.24, 2.45) is 0 Å². The van der Waals surface area contributed by atoms with Crippen molar-refractivity contribution >= 4 is 5.65 Å². The highest BCUT2D eigenvalue weighted by atomic mass is 16.5. The third kappa shape index (κ3) is 4.29. The van der Waals surface area contributed by atoms with E-state index in [9.17, 15) is 0 Å². The Morgan fingerprint density at radius 2 is 1.68 bits per heavy atom. The summed E-state index contributed by atoms with van der Waals surface area (Å²) in [7, 11) is 1.65. The first-order valence-electron chi connectivity index (χ1n) is 9.07. The summed E-state index contributed by atoms with van der Waals surface area (Å²) in [6.07, 6.45) is 1.89. The van der Waals surface area contributed by atoms with Gasteiger partial charge >= 0.3 is 0 Å². The molecule has 0 spiro atoms. The number of hydrogen-bond donors (Lipinski definition) is 0. The average molecular weight is 375 g/mol. The molecule has 0 atom stereocenters. The maximum absolute atomic E-state index is 5.79. The first-order valence-corrected chi connectivity index (χ1v) is 9.07. The van der Waals surface area contributed by atoms with Crippen LogP contribution in [0.3, 0.4) is 0 Å². The molecule has 0 saturated heterocycles. The number of hydrogen-bond acceptors (Lipinski definition) is 5. The first kappa shape index (κ1) is 18.0. The highest BCUT2D eigenvalue weighted by Crippen LogP contribution is 2.22. The van der Waals surface area contributed by atoms with Crippen molar-refractivity contribution in [3.63, 3.8) is 0 Å². The second-order valence-corrected chi connectivity index (χ2v) is 6.24. The molecule has 0 amide bonds. The molecule has 2 aromatic carbocycles. The molecule has 4 rings (SSSR count). The number of nitrogens with zero attached hydrogens (tertiary/aromatic N) is 3. The normalized spacial score (nSPS) is 10.9. The molecule has 6 heteroatoms. The van der Waals surface area contributed by atoms with Gasteiger partial charge in [-0.05, 0) is 35.9 Å². The first-order chi connectivity index (χ1) is 13.8. The van der Waals surface area contributed by atoms with Crippen molar-refractivity contribution in [3.05, 3.63) is 78.5 Å². The summed E-state index contributed by atoms with van der Waals surface area (Å²) in [5, 5.41) is 4.50. The third-order valence-corrected chi connectivity index (χ3v) is 4.23. The molecule has 0 N–H and O–H groups in total. The SMILES string of the molecule is COCCOc1ccc(-c2cn3nc(OCc4ccccc4)ccc3n2)cc1. The Bertz CT molecular complexity index is 1030. The number of ether oxygens (including phenoxy) is 3. The van der Waals surface area contributed by atoms with Crippen LogP contribution in [0.4, 0.5) is 0 Å². The van der Waals surface area contributed by atoms with Gasteiger partial charge in [0.05, 0.1) is 18.5 Å². The Hall–Kier alpha value is -3.38. The number of aromatic nitrogens is 3. The van der Waals surface area contributed by atoms with Crippen LogP contribution in [0.5, 0.6) is 11.6 Å². The van der Waals surface area contributed by atoms with Crippen molar-refractivity contribution in [2.45, 2.75) is 6.61 Å². The Morgan fingerprint density at radius 3 is 2.46 bits per heavy atom. The van der Waals surface area contributed by atoms with E-state index >= 15 is 0 Å². The Labute approximate surface area is 163 Å². The third-order valence-electron chi connectivity index (χ3n) is 4.23. The van der Waals surface area contributed by atoms with Crippen LogP contribution in [0.1, 0.15) is 5.56 Å². The minimum atomic E-state index is 0.478. The van der Waals surface area contributed by atoms with Gasteiger partial charge in [0.15, 0.2) is 5.65 Å². The number of rotatable bonds is 8. The summed E-state index contributed by atoms with van der Waals surface area (Å²) >= 11 is 0. The molecule has 28 heavy (non-hydrogen) atoms. The standard InChI is InChI=1S/C22H21N3O3/c1-26-13-14-27-19-9-7-18(8-10-19)20-15-25-21(23-20)11-12-22(24-25)28-16-17-5-3-2-4-6-17/h2-12,15H,13-14,16H2,1H3. The van der Waals surface area contributed by atoms with Crippen LogP contribution in [-0.4, -0.2) is 34.9 Å². The number of imidazole rings is 1.